The normalized spacial score (nSPS) is 19.2. The minimum Gasteiger partial charge on any atom is -0.494 e. The molecule has 0 spiro atoms. The average molecular weight is 423 g/mol. The summed E-state index contributed by atoms with van der Waals surface area (Å²) in [5, 5.41) is 8.67. The molecule has 0 bridgehead atoms. The molecular weight excluding hydrogens is 398 g/mol. The van der Waals surface area contributed by atoms with Crippen LogP contribution in [0.1, 0.15) is 19.8 Å². The Labute approximate surface area is 179 Å². The van der Waals surface area contributed by atoms with Gasteiger partial charge in [-0.1, -0.05) is 5.21 Å². The number of fused-ring (bicyclic) bond motifs is 1. The Balaban J connectivity index is 1.34. The summed E-state index contributed by atoms with van der Waals surface area (Å²) in [6.45, 7) is 5.89. The lowest BCUT2D eigenvalue weighted by Crippen LogP contribution is -2.51. The van der Waals surface area contributed by atoms with Crippen molar-refractivity contribution in [2.24, 2.45) is 0 Å². The number of anilines is 1. The summed E-state index contributed by atoms with van der Waals surface area (Å²) in [5.41, 5.74) is 2.14. The van der Waals surface area contributed by atoms with Crippen molar-refractivity contribution in [3.63, 3.8) is 0 Å². The monoisotopic (exact) mass is 423 g/mol. The number of piperazine rings is 1. The maximum atomic E-state index is 12.6. The van der Waals surface area contributed by atoms with Gasteiger partial charge in [0.05, 0.1) is 12.3 Å². The van der Waals surface area contributed by atoms with E-state index in [2.05, 4.69) is 25.2 Å². The second-order valence-corrected chi connectivity index (χ2v) is 7.61. The summed E-state index contributed by atoms with van der Waals surface area (Å²) in [7, 11) is 0. The lowest BCUT2D eigenvalue weighted by molar-refractivity contribution is -0.141. The zero-order valence-electron chi connectivity index (χ0n) is 17.5. The number of benzene rings is 1. The van der Waals surface area contributed by atoms with Crippen LogP contribution in [0.4, 0.5) is 5.82 Å². The molecule has 0 radical (unpaired) electrons. The topological polar surface area (TPSA) is 98.5 Å². The summed E-state index contributed by atoms with van der Waals surface area (Å²) in [5.74, 6) is 1.65. The second-order valence-electron chi connectivity index (χ2n) is 7.61. The minimum atomic E-state index is -0.272. The van der Waals surface area contributed by atoms with Crippen LogP contribution in [0.3, 0.4) is 0 Å². The number of hydrogen-bond acceptors (Lipinski definition) is 8. The van der Waals surface area contributed by atoms with Crippen molar-refractivity contribution in [2.45, 2.75) is 25.9 Å². The van der Waals surface area contributed by atoms with E-state index in [0.29, 0.717) is 50.6 Å². The first-order chi connectivity index (χ1) is 15.2. The molecule has 31 heavy (non-hydrogen) atoms. The molecule has 1 amide bonds. The summed E-state index contributed by atoms with van der Waals surface area (Å²) < 4.78 is 12.8. The first-order valence-electron chi connectivity index (χ1n) is 10.7. The van der Waals surface area contributed by atoms with Crippen LogP contribution >= 0.6 is 0 Å². The highest BCUT2D eigenvalue weighted by Gasteiger charge is 2.31. The molecule has 5 rings (SSSR count). The Kier molecular flexibility index (Phi) is 5.37. The minimum absolute atomic E-state index is 0.103. The van der Waals surface area contributed by atoms with Crippen LogP contribution in [0.15, 0.2) is 30.6 Å². The molecule has 2 fully saturated rings. The Morgan fingerprint density at radius 3 is 2.68 bits per heavy atom. The van der Waals surface area contributed by atoms with Crippen LogP contribution in [-0.2, 0) is 9.53 Å². The predicted octanol–water partition coefficient (Wildman–Crippen LogP) is 1.44. The van der Waals surface area contributed by atoms with E-state index in [-0.39, 0.29) is 12.0 Å². The molecule has 2 aliphatic heterocycles. The summed E-state index contributed by atoms with van der Waals surface area (Å²) in [6, 6.07) is 7.66. The van der Waals surface area contributed by atoms with Crippen molar-refractivity contribution in [1.29, 1.82) is 0 Å². The lowest BCUT2D eigenvalue weighted by atomic mass is 10.2. The lowest BCUT2D eigenvalue weighted by Gasteiger charge is -2.36. The van der Waals surface area contributed by atoms with Gasteiger partial charge in [-0.15, -0.1) is 5.10 Å². The summed E-state index contributed by atoms with van der Waals surface area (Å²) in [6.07, 6.45) is 3.04. The van der Waals surface area contributed by atoms with Crippen LogP contribution < -0.4 is 9.64 Å². The van der Waals surface area contributed by atoms with Gasteiger partial charge in [0.2, 0.25) is 0 Å². The highest BCUT2D eigenvalue weighted by atomic mass is 16.5. The van der Waals surface area contributed by atoms with Crippen molar-refractivity contribution in [1.82, 2.24) is 29.9 Å². The third-order valence-corrected chi connectivity index (χ3v) is 5.71. The predicted molar refractivity (Wildman–Crippen MR) is 113 cm³/mol. The fourth-order valence-electron chi connectivity index (χ4n) is 4.11. The molecule has 0 aliphatic carbocycles. The molecule has 2 saturated heterocycles. The second kappa shape index (κ2) is 8.46. The van der Waals surface area contributed by atoms with Gasteiger partial charge in [0, 0.05) is 32.8 Å². The van der Waals surface area contributed by atoms with Crippen LogP contribution in [0.5, 0.6) is 5.75 Å². The van der Waals surface area contributed by atoms with Crippen molar-refractivity contribution in [2.75, 3.05) is 44.3 Å². The first kappa shape index (κ1) is 19.7. The number of amides is 1. The zero-order chi connectivity index (χ0) is 21.2. The largest absolute Gasteiger partial charge is 0.494 e. The molecule has 1 atom stereocenters. The number of hydrogen-bond donors (Lipinski definition) is 0. The maximum absolute atomic E-state index is 12.6. The van der Waals surface area contributed by atoms with Crippen LogP contribution in [0, 0.1) is 0 Å². The summed E-state index contributed by atoms with van der Waals surface area (Å²) in [4.78, 5) is 25.5. The van der Waals surface area contributed by atoms with Gasteiger partial charge in [0.15, 0.2) is 17.0 Å². The van der Waals surface area contributed by atoms with Crippen molar-refractivity contribution < 1.29 is 14.3 Å². The molecule has 10 heteroatoms. The molecular formula is C21H25N7O3. The van der Waals surface area contributed by atoms with Gasteiger partial charge in [-0.05, 0) is 44.0 Å². The van der Waals surface area contributed by atoms with E-state index >= 15 is 0 Å². The maximum Gasteiger partial charge on any atom is 0.251 e. The smallest absolute Gasteiger partial charge is 0.251 e. The van der Waals surface area contributed by atoms with Gasteiger partial charge in [-0.3, -0.25) is 4.79 Å². The van der Waals surface area contributed by atoms with Gasteiger partial charge >= 0.3 is 0 Å². The van der Waals surface area contributed by atoms with Gasteiger partial charge in [-0.2, -0.15) is 4.68 Å². The van der Waals surface area contributed by atoms with Gasteiger partial charge in [0.25, 0.3) is 5.91 Å². The Morgan fingerprint density at radius 1 is 1.16 bits per heavy atom. The van der Waals surface area contributed by atoms with E-state index in [9.17, 15) is 4.79 Å². The highest BCUT2D eigenvalue weighted by molar-refractivity contribution is 5.84. The molecule has 3 aromatic rings. The quantitative estimate of drug-likeness (QED) is 0.608. The highest BCUT2D eigenvalue weighted by Crippen LogP contribution is 2.25. The molecule has 0 N–H and O–H groups in total. The third kappa shape index (κ3) is 3.78. The zero-order valence-corrected chi connectivity index (χ0v) is 17.5. The van der Waals surface area contributed by atoms with E-state index in [4.69, 9.17) is 9.47 Å². The molecule has 2 aromatic heterocycles. The number of aromatic nitrogens is 5. The van der Waals surface area contributed by atoms with Crippen molar-refractivity contribution in [3.05, 3.63) is 30.6 Å². The molecule has 0 unspecified atom stereocenters. The van der Waals surface area contributed by atoms with Crippen molar-refractivity contribution in [3.8, 4) is 11.4 Å². The molecule has 4 heterocycles. The van der Waals surface area contributed by atoms with E-state index in [1.807, 2.05) is 36.1 Å². The van der Waals surface area contributed by atoms with E-state index < -0.39 is 0 Å². The SMILES string of the molecule is CCOc1ccc(-n2nnc3c(N4CCN(C(=O)[C@@H]5CCCO5)CC4)ncnc32)cc1. The molecule has 1 aromatic carbocycles. The fraction of sp³-hybridized carbons (Fsp3) is 0.476. The van der Waals surface area contributed by atoms with Crippen LogP contribution in [0.25, 0.3) is 16.9 Å². The Bertz CT molecular complexity index is 1050. The molecule has 2 aliphatic rings. The molecule has 162 valence electrons. The standard InChI is InChI=1S/C21H25N7O3/c1-2-30-16-7-5-15(6-8-16)28-20-18(24-25-28)19(22-14-23-20)26-9-11-27(12-10-26)21(29)17-4-3-13-31-17/h5-8,14,17H,2-4,9-13H2,1H3/t17-/m0/s1. The number of carbonyl (C=O) groups excluding carboxylic acids is 1. The van der Waals surface area contributed by atoms with Crippen molar-refractivity contribution >= 4 is 22.9 Å². The van der Waals surface area contributed by atoms with E-state index in [0.717, 1.165) is 30.1 Å². The van der Waals surface area contributed by atoms with E-state index in [1.54, 1.807) is 4.68 Å². The third-order valence-electron chi connectivity index (χ3n) is 5.71. The average Bonchev–Trinajstić information content (AvgIpc) is 3.50. The van der Waals surface area contributed by atoms with Gasteiger partial charge in [0.1, 0.15) is 18.2 Å². The number of nitrogens with zero attached hydrogens (tertiary/aromatic N) is 7. The van der Waals surface area contributed by atoms with Gasteiger partial charge in [-0.25, -0.2) is 9.97 Å². The fourth-order valence-corrected chi connectivity index (χ4v) is 4.11. The van der Waals surface area contributed by atoms with Gasteiger partial charge < -0.3 is 19.3 Å². The van der Waals surface area contributed by atoms with Crippen LogP contribution in [0.2, 0.25) is 0 Å². The number of carbonyl (C=O) groups is 1. The first-order valence-corrected chi connectivity index (χ1v) is 10.7. The Hall–Kier alpha value is -3.27. The summed E-state index contributed by atoms with van der Waals surface area (Å²) >= 11 is 0. The Morgan fingerprint density at radius 2 is 1.97 bits per heavy atom. The van der Waals surface area contributed by atoms with E-state index in [1.165, 1.54) is 6.33 Å². The number of rotatable bonds is 5. The molecule has 0 saturated carbocycles. The molecule has 10 nitrogen and oxygen atoms in total. The van der Waals surface area contributed by atoms with Crippen LogP contribution in [-0.4, -0.2) is 81.3 Å². The number of ether oxygens (including phenoxy) is 2.